The van der Waals surface area contributed by atoms with Crippen LogP contribution in [-0.2, 0) is 6.42 Å². The highest BCUT2D eigenvalue weighted by Crippen LogP contribution is 2.55. The van der Waals surface area contributed by atoms with E-state index in [-0.39, 0.29) is 5.41 Å². The molecule has 2 fully saturated rings. The lowest BCUT2D eigenvalue weighted by Crippen LogP contribution is -2.30. The third-order valence-electron chi connectivity index (χ3n) is 10.3. The van der Waals surface area contributed by atoms with Crippen molar-refractivity contribution in [3.63, 3.8) is 0 Å². The topological polar surface area (TPSA) is 23.9 Å². The molecule has 4 rings (SSSR count). The van der Waals surface area contributed by atoms with E-state index in [1.807, 2.05) is 27.7 Å². The van der Waals surface area contributed by atoms with Crippen molar-refractivity contribution in [2.24, 2.45) is 22.7 Å². The molecule has 0 aromatic heterocycles. The fraction of sp³-hybridized carbons (Fsp3) is 0.553. The van der Waals surface area contributed by atoms with E-state index in [2.05, 4.69) is 141 Å². The zero-order valence-electron chi connectivity index (χ0n) is 33.3. The van der Waals surface area contributed by atoms with Crippen molar-refractivity contribution in [3.05, 3.63) is 120 Å². The Balaban J connectivity index is 0.000000835. The van der Waals surface area contributed by atoms with Crippen LogP contribution in [0, 0.1) is 35.0 Å². The summed E-state index contributed by atoms with van der Waals surface area (Å²) in [5.41, 5.74) is 7.59. The van der Waals surface area contributed by atoms with Crippen LogP contribution in [0.2, 0.25) is 0 Å². The van der Waals surface area contributed by atoms with E-state index >= 15 is 0 Å². The van der Waals surface area contributed by atoms with Gasteiger partial charge in [0.05, 0.1) is 0 Å². The molecule has 1 N–H and O–H groups in total. The first-order valence-corrected chi connectivity index (χ1v) is 19.3. The predicted molar refractivity (Wildman–Crippen MR) is 220 cm³/mol. The Bertz CT molecular complexity index is 1190. The number of allylic oxidation sites excluding steroid dienone is 6. The van der Waals surface area contributed by atoms with Gasteiger partial charge in [0.2, 0.25) is 0 Å². The fourth-order valence-electron chi connectivity index (χ4n) is 7.54. The van der Waals surface area contributed by atoms with Crippen LogP contribution in [0.25, 0.3) is 0 Å². The Morgan fingerprint density at radius 3 is 1.96 bits per heavy atom. The van der Waals surface area contributed by atoms with Gasteiger partial charge < -0.3 is 5.41 Å². The summed E-state index contributed by atoms with van der Waals surface area (Å²) in [6.45, 7) is 29.9. The molecule has 0 heterocycles. The molecule has 0 amide bonds. The van der Waals surface area contributed by atoms with E-state index in [1.54, 1.807) is 0 Å². The summed E-state index contributed by atoms with van der Waals surface area (Å²) < 4.78 is 0. The van der Waals surface area contributed by atoms with Gasteiger partial charge in [-0.25, -0.2) is 0 Å². The Morgan fingerprint density at radius 2 is 1.44 bits per heavy atom. The molecule has 4 unspecified atom stereocenters. The first-order chi connectivity index (χ1) is 23.1. The van der Waals surface area contributed by atoms with E-state index < -0.39 is 0 Å². The smallest absolute Gasteiger partial charge is 0.0177 e. The second-order valence-electron chi connectivity index (χ2n) is 13.8. The van der Waals surface area contributed by atoms with Crippen LogP contribution >= 0.6 is 0 Å². The standard InChI is InChI=1S/C24H39N.C17H20.2C2H6.C2H4/c1-5-7-10-21-13-14-22-12-8-11-20(15-19-25)23(3,16-6-2)17-9-18-24(21,22)4;1-13(2)17-10-8-16(9-11-17)12-15-6-4-14(3)5-7-15;3*1-2/h6-7,10,15-16,19,21-22,25H,5,8-9,11-14,17-18H2,1-4H3;4-11,13H,12H2,1-3H3;2*1-2H3;1-2H2/b10-7?,16-6-,20-15-,25-19?;;;;. The Labute approximate surface area is 299 Å². The van der Waals surface area contributed by atoms with Crippen LogP contribution in [0.4, 0.5) is 0 Å². The van der Waals surface area contributed by atoms with Gasteiger partial charge in [-0.15, -0.1) is 13.2 Å². The van der Waals surface area contributed by atoms with E-state index in [9.17, 15) is 0 Å². The van der Waals surface area contributed by atoms with Crippen LogP contribution in [0.5, 0.6) is 0 Å². The monoisotopic (exact) mass is 654 g/mol. The molecule has 2 aliphatic carbocycles. The Hall–Kier alpha value is -2.93. The van der Waals surface area contributed by atoms with Crippen molar-refractivity contribution in [1.82, 2.24) is 0 Å². The van der Waals surface area contributed by atoms with Crippen LogP contribution < -0.4 is 0 Å². The molecule has 1 nitrogen and oxygen atoms in total. The van der Waals surface area contributed by atoms with Crippen LogP contribution in [0.3, 0.4) is 0 Å². The fourth-order valence-corrected chi connectivity index (χ4v) is 7.54. The van der Waals surface area contributed by atoms with Gasteiger partial charge in [0, 0.05) is 11.6 Å². The highest BCUT2D eigenvalue weighted by molar-refractivity contribution is 5.69. The molecule has 0 aliphatic heterocycles. The lowest BCUT2D eigenvalue weighted by molar-refractivity contribution is 0.144. The maximum Gasteiger partial charge on any atom is 0.0177 e. The molecule has 0 radical (unpaired) electrons. The minimum atomic E-state index is 0.128. The van der Waals surface area contributed by atoms with Crippen molar-refractivity contribution in [1.29, 1.82) is 5.41 Å². The number of rotatable bonds is 7. The summed E-state index contributed by atoms with van der Waals surface area (Å²) in [6.07, 6.45) is 25.7. The molecule has 0 saturated heterocycles. The van der Waals surface area contributed by atoms with Crippen molar-refractivity contribution in [3.8, 4) is 0 Å². The van der Waals surface area contributed by atoms with Crippen molar-refractivity contribution >= 4 is 6.21 Å². The summed E-state index contributed by atoms with van der Waals surface area (Å²) in [6, 6.07) is 17.8. The predicted octanol–water partition coefficient (Wildman–Crippen LogP) is 15.1. The third-order valence-corrected chi connectivity index (χ3v) is 10.3. The molecular formula is C47H75N. The van der Waals surface area contributed by atoms with Gasteiger partial charge in [0.25, 0.3) is 0 Å². The Morgan fingerprint density at radius 1 is 0.854 bits per heavy atom. The molecule has 268 valence electrons. The number of aryl methyl sites for hydroxylation is 1. The molecule has 2 aliphatic rings. The number of hydrogen-bond acceptors (Lipinski definition) is 1. The summed E-state index contributed by atoms with van der Waals surface area (Å²) in [7, 11) is 0. The molecule has 2 saturated carbocycles. The molecule has 2 aromatic rings. The number of fused-ring (bicyclic) bond motifs is 1. The van der Waals surface area contributed by atoms with Gasteiger partial charge in [-0.05, 0) is 118 Å². The number of nitrogens with one attached hydrogen (secondary N) is 1. The second-order valence-corrected chi connectivity index (χ2v) is 13.8. The molecule has 0 spiro atoms. The van der Waals surface area contributed by atoms with Crippen molar-refractivity contribution in [2.45, 2.75) is 146 Å². The van der Waals surface area contributed by atoms with E-state index in [0.717, 1.165) is 31.1 Å². The normalized spacial score (nSPS) is 24.5. The highest BCUT2D eigenvalue weighted by Gasteiger charge is 2.45. The lowest BCUT2D eigenvalue weighted by Gasteiger charge is -2.40. The third kappa shape index (κ3) is 14.3. The van der Waals surface area contributed by atoms with Gasteiger partial charge in [0.1, 0.15) is 0 Å². The van der Waals surface area contributed by atoms with Gasteiger partial charge in [0.15, 0.2) is 0 Å². The van der Waals surface area contributed by atoms with Gasteiger partial charge in [-0.3, -0.25) is 0 Å². The van der Waals surface area contributed by atoms with Crippen LogP contribution in [0.15, 0.2) is 97.6 Å². The van der Waals surface area contributed by atoms with Crippen LogP contribution in [0.1, 0.15) is 155 Å². The SMILES string of the molecule is C/C=C\C1(C)CCCC2(C)C(C=CCC)CCC2CCC/C1=C/C=N.C=C.CC.CC.Cc1ccc(Cc2ccc(C(C)C)cc2)cc1. The Kier molecular flexibility index (Phi) is 23.6. The summed E-state index contributed by atoms with van der Waals surface area (Å²) >= 11 is 0. The van der Waals surface area contributed by atoms with Gasteiger partial charge in [-0.2, -0.15) is 0 Å². The van der Waals surface area contributed by atoms with Gasteiger partial charge >= 0.3 is 0 Å². The van der Waals surface area contributed by atoms with E-state index in [1.165, 1.54) is 79.0 Å². The maximum atomic E-state index is 7.58. The molecule has 2 aromatic carbocycles. The van der Waals surface area contributed by atoms with Crippen molar-refractivity contribution in [2.75, 3.05) is 0 Å². The summed E-state index contributed by atoms with van der Waals surface area (Å²) in [5, 5.41) is 7.58. The molecule has 0 bridgehead atoms. The minimum Gasteiger partial charge on any atom is -0.309 e. The highest BCUT2D eigenvalue weighted by atomic mass is 14.5. The summed E-state index contributed by atoms with van der Waals surface area (Å²) in [4.78, 5) is 0. The molecule has 1 heteroatoms. The minimum absolute atomic E-state index is 0.128. The lowest BCUT2D eigenvalue weighted by atomic mass is 9.65. The second kappa shape index (κ2) is 25.1. The average Bonchev–Trinajstić information content (AvgIpc) is 3.41. The summed E-state index contributed by atoms with van der Waals surface area (Å²) in [5.74, 6) is 2.27. The first kappa shape index (κ1) is 45.1. The zero-order valence-corrected chi connectivity index (χ0v) is 33.3. The number of benzene rings is 2. The largest absolute Gasteiger partial charge is 0.309 e. The van der Waals surface area contributed by atoms with E-state index in [4.69, 9.17) is 5.41 Å². The molecule has 4 atom stereocenters. The van der Waals surface area contributed by atoms with Crippen LogP contribution in [-0.4, -0.2) is 6.21 Å². The molecular weight excluding hydrogens is 579 g/mol. The number of hydrogen-bond donors (Lipinski definition) is 1. The zero-order chi connectivity index (χ0) is 36.6. The molecule has 48 heavy (non-hydrogen) atoms. The maximum absolute atomic E-state index is 7.58. The van der Waals surface area contributed by atoms with Gasteiger partial charge in [-0.1, -0.05) is 153 Å². The average molecular weight is 654 g/mol. The first-order valence-electron chi connectivity index (χ1n) is 19.3. The quantitative estimate of drug-likeness (QED) is 0.227. The van der Waals surface area contributed by atoms with E-state index in [0.29, 0.717) is 11.3 Å². The van der Waals surface area contributed by atoms with Crippen molar-refractivity contribution < 1.29 is 0 Å².